The van der Waals surface area contributed by atoms with Crippen LogP contribution < -0.4 is 4.74 Å². The quantitative estimate of drug-likeness (QED) is 0.586. The summed E-state index contributed by atoms with van der Waals surface area (Å²) >= 11 is 0. The fourth-order valence-corrected chi connectivity index (χ4v) is 5.65. The van der Waals surface area contributed by atoms with Gasteiger partial charge in [0.2, 0.25) is 10.0 Å². The maximum absolute atomic E-state index is 13.5. The van der Waals surface area contributed by atoms with Crippen LogP contribution in [0.5, 0.6) is 5.75 Å². The van der Waals surface area contributed by atoms with E-state index in [0.29, 0.717) is 31.2 Å². The fourth-order valence-electron chi connectivity index (χ4n) is 4.06. The first-order chi connectivity index (χ1) is 15.8. The summed E-state index contributed by atoms with van der Waals surface area (Å²) in [5.74, 6) is 0.526. The van der Waals surface area contributed by atoms with Gasteiger partial charge in [0, 0.05) is 31.2 Å². The first-order valence-electron chi connectivity index (χ1n) is 11.5. The predicted molar refractivity (Wildman–Crippen MR) is 126 cm³/mol. The van der Waals surface area contributed by atoms with Gasteiger partial charge < -0.3 is 14.4 Å². The molecule has 0 bridgehead atoms. The third-order valence-electron chi connectivity index (χ3n) is 6.25. The van der Waals surface area contributed by atoms with Crippen LogP contribution in [0.1, 0.15) is 54.1 Å². The molecule has 1 amide bonds. The molecule has 1 saturated heterocycles. The minimum absolute atomic E-state index is 0.0229. The van der Waals surface area contributed by atoms with Gasteiger partial charge in [-0.1, -0.05) is 38.1 Å². The van der Waals surface area contributed by atoms with Crippen LogP contribution in [0.3, 0.4) is 0 Å². The third kappa shape index (κ3) is 5.23. The van der Waals surface area contributed by atoms with Gasteiger partial charge in [-0.15, -0.1) is 0 Å². The highest BCUT2D eigenvalue weighted by Gasteiger charge is 2.35. The van der Waals surface area contributed by atoms with Crippen LogP contribution in [0.4, 0.5) is 0 Å². The summed E-state index contributed by atoms with van der Waals surface area (Å²) in [5.41, 5.74) is 2.68. The Morgan fingerprint density at radius 2 is 1.79 bits per heavy atom. The standard InChI is InChI=1S/C25H32N2O5S/c1-18(2)20-6-4-19(5-7-20)17-27(22-9-10-22)25(28)21-8-11-23(31-3)24(16-21)33(29,30)26-12-14-32-15-13-26/h4-8,11,16,18,22H,9-10,12-15,17H2,1-3H3. The molecule has 1 aliphatic heterocycles. The average Bonchev–Trinajstić information content (AvgIpc) is 3.68. The number of benzene rings is 2. The highest BCUT2D eigenvalue weighted by molar-refractivity contribution is 7.89. The summed E-state index contributed by atoms with van der Waals surface area (Å²) in [6.45, 7) is 6.08. The van der Waals surface area contributed by atoms with Crippen LogP contribution in [-0.2, 0) is 21.3 Å². The number of hydrogen-bond donors (Lipinski definition) is 0. The van der Waals surface area contributed by atoms with Crippen LogP contribution in [0, 0.1) is 0 Å². The Bertz CT molecular complexity index is 1090. The van der Waals surface area contributed by atoms with Gasteiger partial charge in [0.25, 0.3) is 5.91 Å². The van der Waals surface area contributed by atoms with E-state index in [-0.39, 0.29) is 35.7 Å². The number of hydrogen-bond acceptors (Lipinski definition) is 5. The SMILES string of the molecule is COc1ccc(C(=O)N(Cc2ccc(C(C)C)cc2)C2CC2)cc1S(=O)(=O)N1CCOCC1. The monoisotopic (exact) mass is 472 g/mol. The van der Waals surface area contributed by atoms with E-state index in [1.807, 2.05) is 4.90 Å². The highest BCUT2D eigenvalue weighted by Crippen LogP contribution is 2.33. The van der Waals surface area contributed by atoms with Gasteiger partial charge in [-0.2, -0.15) is 4.31 Å². The van der Waals surface area contributed by atoms with E-state index < -0.39 is 10.0 Å². The van der Waals surface area contributed by atoms with Gasteiger partial charge in [-0.05, 0) is 48.1 Å². The van der Waals surface area contributed by atoms with E-state index in [1.54, 1.807) is 12.1 Å². The second-order valence-electron chi connectivity index (χ2n) is 8.94. The summed E-state index contributed by atoms with van der Waals surface area (Å²) in [5, 5.41) is 0. The normalized spacial score (nSPS) is 17.2. The van der Waals surface area contributed by atoms with Crippen molar-refractivity contribution in [3.63, 3.8) is 0 Å². The summed E-state index contributed by atoms with van der Waals surface area (Å²) in [6.07, 6.45) is 1.93. The van der Waals surface area contributed by atoms with Gasteiger partial charge >= 0.3 is 0 Å². The highest BCUT2D eigenvalue weighted by atomic mass is 32.2. The minimum atomic E-state index is -3.81. The Hall–Kier alpha value is -2.42. The first-order valence-corrected chi connectivity index (χ1v) is 12.9. The lowest BCUT2D eigenvalue weighted by atomic mass is 10.0. The van der Waals surface area contributed by atoms with Crippen LogP contribution >= 0.6 is 0 Å². The van der Waals surface area contributed by atoms with Gasteiger partial charge in [0.1, 0.15) is 10.6 Å². The van der Waals surface area contributed by atoms with Crippen molar-refractivity contribution in [3.05, 3.63) is 59.2 Å². The lowest BCUT2D eigenvalue weighted by molar-refractivity contribution is 0.0724. The Morgan fingerprint density at radius 3 is 2.36 bits per heavy atom. The number of carbonyl (C=O) groups excluding carboxylic acids is 1. The van der Waals surface area contributed by atoms with Gasteiger partial charge in [-0.25, -0.2) is 8.42 Å². The molecule has 1 saturated carbocycles. The third-order valence-corrected chi connectivity index (χ3v) is 8.17. The van der Waals surface area contributed by atoms with Crippen molar-refractivity contribution in [2.75, 3.05) is 33.4 Å². The summed E-state index contributed by atoms with van der Waals surface area (Å²) < 4.78 is 38.6. The number of methoxy groups -OCH3 is 1. The fraction of sp³-hybridized carbons (Fsp3) is 0.480. The predicted octanol–water partition coefficient (Wildman–Crippen LogP) is 3.64. The zero-order valence-electron chi connectivity index (χ0n) is 19.5. The number of ether oxygens (including phenoxy) is 2. The van der Waals surface area contributed by atoms with E-state index in [1.165, 1.54) is 23.0 Å². The Morgan fingerprint density at radius 1 is 1.12 bits per heavy atom. The molecule has 0 unspecified atom stereocenters. The van der Waals surface area contributed by atoms with Crippen molar-refractivity contribution in [1.82, 2.24) is 9.21 Å². The molecule has 0 aromatic heterocycles. The van der Waals surface area contributed by atoms with Gasteiger partial charge in [0.15, 0.2) is 0 Å². The Kier molecular flexibility index (Phi) is 7.07. The molecule has 1 heterocycles. The Balaban J connectivity index is 1.61. The molecule has 2 aromatic rings. The number of sulfonamides is 1. The molecule has 0 N–H and O–H groups in total. The molecular formula is C25H32N2O5S. The molecule has 0 spiro atoms. The number of amides is 1. The van der Waals surface area contributed by atoms with E-state index in [9.17, 15) is 13.2 Å². The number of rotatable bonds is 8. The number of morpholine rings is 1. The van der Waals surface area contributed by atoms with E-state index in [0.717, 1.165) is 18.4 Å². The van der Waals surface area contributed by atoms with Crippen molar-refractivity contribution in [3.8, 4) is 5.75 Å². The molecule has 0 radical (unpaired) electrons. The molecular weight excluding hydrogens is 440 g/mol. The summed E-state index contributed by atoms with van der Waals surface area (Å²) in [6, 6.07) is 13.2. The van der Waals surface area contributed by atoms with Crippen molar-refractivity contribution >= 4 is 15.9 Å². The van der Waals surface area contributed by atoms with Crippen LogP contribution in [0.15, 0.2) is 47.4 Å². The molecule has 33 heavy (non-hydrogen) atoms. The second-order valence-corrected chi connectivity index (χ2v) is 10.8. The minimum Gasteiger partial charge on any atom is -0.495 e. The van der Waals surface area contributed by atoms with Crippen molar-refractivity contribution in [1.29, 1.82) is 0 Å². The molecule has 2 aliphatic rings. The molecule has 2 aromatic carbocycles. The lowest BCUT2D eigenvalue weighted by Gasteiger charge is -2.27. The zero-order valence-corrected chi connectivity index (χ0v) is 20.3. The van der Waals surface area contributed by atoms with Crippen molar-refractivity contribution in [2.45, 2.75) is 50.1 Å². The van der Waals surface area contributed by atoms with Gasteiger partial charge in [-0.3, -0.25) is 4.79 Å². The summed E-state index contributed by atoms with van der Waals surface area (Å²) in [4.78, 5) is 15.4. The van der Waals surface area contributed by atoms with Crippen molar-refractivity contribution < 1.29 is 22.7 Å². The molecule has 7 nitrogen and oxygen atoms in total. The summed E-state index contributed by atoms with van der Waals surface area (Å²) in [7, 11) is -2.37. The van der Waals surface area contributed by atoms with Crippen LogP contribution in [-0.4, -0.2) is 63.0 Å². The average molecular weight is 473 g/mol. The first kappa shape index (κ1) is 23.7. The molecule has 8 heteroatoms. The van der Waals surface area contributed by atoms with Crippen molar-refractivity contribution in [2.24, 2.45) is 0 Å². The largest absolute Gasteiger partial charge is 0.495 e. The maximum Gasteiger partial charge on any atom is 0.254 e. The van der Waals surface area contributed by atoms with Crippen LogP contribution in [0.25, 0.3) is 0 Å². The van der Waals surface area contributed by atoms with E-state index >= 15 is 0 Å². The van der Waals surface area contributed by atoms with E-state index in [4.69, 9.17) is 9.47 Å². The van der Waals surface area contributed by atoms with Crippen LogP contribution in [0.2, 0.25) is 0 Å². The van der Waals surface area contributed by atoms with E-state index in [2.05, 4.69) is 38.1 Å². The Labute approximate surface area is 196 Å². The second kappa shape index (κ2) is 9.83. The topological polar surface area (TPSA) is 76.2 Å². The zero-order chi connectivity index (χ0) is 23.6. The maximum atomic E-state index is 13.5. The number of carbonyl (C=O) groups is 1. The lowest BCUT2D eigenvalue weighted by Crippen LogP contribution is -2.40. The smallest absolute Gasteiger partial charge is 0.254 e. The molecule has 2 fully saturated rings. The number of nitrogens with zero attached hydrogens (tertiary/aromatic N) is 2. The molecule has 0 atom stereocenters. The molecule has 178 valence electrons. The van der Waals surface area contributed by atoms with Gasteiger partial charge in [0.05, 0.1) is 20.3 Å². The molecule has 1 aliphatic carbocycles. The molecule has 4 rings (SSSR count).